The number of piperidine rings is 1. The van der Waals surface area contributed by atoms with Crippen LogP contribution in [-0.4, -0.2) is 51.4 Å². The van der Waals surface area contributed by atoms with E-state index in [-0.39, 0.29) is 18.5 Å². The zero-order valence-corrected chi connectivity index (χ0v) is 20.4. The number of fused-ring (bicyclic) bond motifs is 1. The number of rotatable bonds is 7. The van der Waals surface area contributed by atoms with Gasteiger partial charge in [0, 0.05) is 18.2 Å². The Hall–Kier alpha value is -3.52. The van der Waals surface area contributed by atoms with Gasteiger partial charge >= 0.3 is 0 Å². The van der Waals surface area contributed by atoms with Gasteiger partial charge in [0.2, 0.25) is 0 Å². The van der Waals surface area contributed by atoms with Gasteiger partial charge in [-0.25, -0.2) is 4.98 Å². The van der Waals surface area contributed by atoms with Crippen LogP contribution in [0.5, 0.6) is 0 Å². The molecule has 36 heavy (non-hydrogen) atoms. The first-order valence-electron chi connectivity index (χ1n) is 12.5. The molecule has 7 heteroatoms. The van der Waals surface area contributed by atoms with Crippen LogP contribution < -0.4 is 10.6 Å². The fourth-order valence-corrected chi connectivity index (χ4v) is 5.05. The summed E-state index contributed by atoms with van der Waals surface area (Å²) in [6, 6.07) is 24.8. The second-order valence-corrected chi connectivity index (χ2v) is 9.49. The van der Waals surface area contributed by atoms with Crippen LogP contribution in [0.1, 0.15) is 53.1 Å². The molecule has 0 bridgehead atoms. The van der Waals surface area contributed by atoms with Gasteiger partial charge in [0.1, 0.15) is 0 Å². The van der Waals surface area contributed by atoms with E-state index in [0.717, 1.165) is 48.1 Å². The molecule has 1 fully saturated rings. The number of hydrogen-bond donors (Lipinski definition) is 4. The first kappa shape index (κ1) is 24.2. The van der Waals surface area contributed by atoms with E-state index in [1.165, 1.54) is 0 Å². The van der Waals surface area contributed by atoms with Gasteiger partial charge < -0.3 is 25.4 Å². The van der Waals surface area contributed by atoms with Gasteiger partial charge in [-0.15, -0.1) is 0 Å². The lowest BCUT2D eigenvalue weighted by atomic mass is 9.85. The summed E-state index contributed by atoms with van der Waals surface area (Å²) < 4.78 is 2.14. The van der Waals surface area contributed by atoms with Gasteiger partial charge in [0.15, 0.2) is 11.4 Å². The molecule has 0 aliphatic carbocycles. The van der Waals surface area contributed by atoms with Gasteiger partial charge in [0.05, 0.1) is 17.1 Å². The van der Waals surface area contributed by atoms with Crippen molar-refractivity contribution in [3.63, 3.8) is 0 Å². The van der Waals surface area contributed by atoms with Crippen molar-refractivity contribution in [2.45, 2.75) is 37.5 Å². The van der Waals surface area contributed by atoms with Crippen molar-refractivity contribution in [2.24, 2.45) is 0 Å². The number of aliphatic hydroxyl groups excluding tert-OH is 1. The minimum Gasteiger partial charge on any atom is -0.392 e. The maximum absolute atomic E-state index is 12.8. The molecule has 4 aromatic rings. The summed E-state index contributed by atoms with van der Waals surface area (Å²) >= 11 is 0. The molecule has 0 saturated carbocycles. The van der Waals surface area contributed by atoms with Gasteiger partial charge in [-0.1, -0.05) is 60.7 Å². The van der Waals surface area contributed by atoms with Crippen molar-refractivity contribution in [3.8, 4) is 0 Å². The molecule has 0 radical (unpaired) electrons. The van der Waals surface area contributed by atoms with Crippen molar-refractivity contribution in [1.82, 2.24) is 20.2 Å². The first-order valence-corrected chi connectivity index (χ1v) is 12.5. The number of carbonyl (C=O) groups excluding carboxylic acids is 1. The Morgan fingerprint density at radius 3 is 2.25 bits per heavy atom. The first-order chi connectivity index (χ1) is 17.5. The van der Waals surface area contributed by atoms with Crippen molar-refractivity contribution >= 4 is 16.9 Å². The molecular formula is C29H32N4O3. The average Bonchev–Trinajstić information content (AvgIpc) is 3.32. The molecule has 1 aromatic heterocycles. The van der Waals surface area contributed by atoms with Crippen molar-refractivity contribution < 1.29 is 15.0 Å². The van der Waals surface area contributed by atoms with E-state index in [1.807, 2.05) is 72.8 Å². The van der Waals surface area contributed by atoms with Crippen molar-refractivity contribution in [3.05, 3.63) is 101 Å². The third-order valence-corrected chi connectivity index (χ3v) is 6.89. The molecule has 7 nitrogen and oxygen atoms in total. The van der Waals surface area contributed by atoms with Gasteiger partial charge in [-0.2, -0.15) is 0 Å². The Morgan fingerprint density at radius 1 is 1.06 bits per heavy atom. The van der Waals surface area contributed by atoms with E-state index < -0.39 is 11.7 Å². The highest BCUT2D eigenvalue weighted by Crippen LogP contribution is 2.40. The number of benzene rings is 3. The average molecular weight is 485 g/mol. The number of hydrogen-bond acceptors (Lipinski definition) is 5. The number of nitrogens with zero attached hydrogens (tertiary/aromatic N) is 2. The van der Waals surface area contributed by atoms with Crippen LogP contribution >= 0.6 is 0 Å². The van der Waals surface area contributed by atoms with E-state index in [0.29, 0.717) is 11.4 Å². The minimum absolute atomic E-state index is 0.112. The predicted molar refractivity (Wildman–Crippen MR) is 140 cm³/mol. The summed E-state index contributed by atoms with van der Waals surface area (Å²) in [6.45, 7) is 3.55. The fraction of sp³-hybridized carbons (Fsp3) is 0.310. The summed E-state index contributed by atoms with van der Waals surface area (Å²) in [6.07, 6.45) is 1.14. The van der Waals surface area contributed by atoms with Crippen LogP contribution in [-0.2, 0) is 5.60 Å². The molecule has 0 spiro atoms. The van der Waals surface area contributed by atoms with Gasteiger partial charge in [0.25, 0.3) is 5.91 Å². The van der Waals surface area contributed by atoms with Crippen LogP contribution in [0.15, 0.2) is 78.9 Å². The van der Waals surface area contributed by atoms with Crippen molar-refractivity contribution in [1.29, 1.82) is 0 Å². The molecule has 3 aromatic carbocycles. The standard InChI is InChI=1S/C29H32N4O3/c1-20(34)19-31-27(35)21-12-13-25-26(18-21)33(24-14-16-30-17-15-24)28(32-25)29(36,22-8-4-2-5-9-22)23-10-6-3-7-11-23/h2-13,18,20,24,30,34,36H,14-17,19H2,1H3,(H,31,35). The Balaban J connectivity index is 1.73. The van der Waals surface area contributed by atoms with E-state index in [2.05, 4.69) is 15.2 Å². The molecule has 1 atom stereocenters. The molecule has 5 rings (SSSR count). The van der Waals surface area contributed by atoms with E-state index in [4.69, 9.17) is 4.98 Å². The molecular weight excluding hydrogens is 452 g/mol. The van der Waals surface area contributed by atoms with E-state index >= 15 is 0 Å². The Labute approximate surface area is 210 Å². The number of nitrogens with one attached hydrogen (secondary N) is 2. The highest BCUT2D eigenvalue weighted by atomic mass is 16.3. The summed E-state index contributed by atoms with van der Waals surface area (Å²) in [7, 11) is 0. The third kappa shape index (κ3) is 4.53. The third-order valence-electron chi connectivity index (χ3n) is 6.89. The maximum Gasteiger partial charge on any atom is 0.251 e. The number of carbonyl (C=O) groups is 1. The van der Waals surface area contributed by atoms with Gasteiger partial charge in [-0.05, 0) is 62.2 Å². The molecule has 1 amide bonds. The molecule has 186 valence electrons. The zero-order chi connectivity index (χ0) is 25.1. The monoisotopic (exact) mass is 484 g/mol. The quantitative estimate of drug-likeness (QED) is 0.322. The lowest BCUT2D eigenvalue weighted by Gasteiger charge is -2.33. The fourth-order valence-electron chi connectivity index (χ4n) is 5.05. The Bertz CT molecular complexity index is 1290. The normalized spacial score (nSPS) is 15.6. The zero-order valence-electron chi connectivity index (χ0n) is 20.4. The maximum atomic E-state index is 12.8. The number of amides is 1. The summed E-state index contributed by atoms with van der Waals surface area (Å²) in [5, 5.41) is 28.3. The highest BCUT2D eigenvalue weighted by Gasteiger charge is 2.40. The highest BCUT2D eigenvalue weighted by molar-refractivity contribution is 5.97. The summed E-state index contributed by atoms with van der Waals surface area (Å²) in [5.41, 5.74) is 2.01. The lowest BCUT2D eigenvalue weighted by Crippen LogP contribution is -2.36. The lowest BCUT2D eigenvalue weighted by molar-refractivity contribution is 0.0924. The second-order valence-electron chi connectivity index (χ2n) is 9.49. The van der Waals surface area contributed by atoms with Crippen LogP contribution in [0.25, 0.3) is 11.0 Å². The van der Waals surface area contributed by atoms with Crippen LogP contribution in [0.2, 0.25) is 0 Å². The molecule has 4 N–H and O–H groups in total. The smallest absolute Gasteiger partial charge is 0.251 e. The molecule has 1 aliphatic rings. The number of imidazole rings is 1. The molecule has 2 heterocycles. The van der Waals surface area contributed by atoms with E-state index in [9.17, 15) is 15.0 Å². The van der Waals surface area contributed by atoms with E-state index in [1.54, 1.807) is 13.0 Å². The second kappa shape index (κ2) is 10.2. The predicted octanol–water partition coefficient (Wildman–Crippen LogP) is 3.36. The molecule has 1 unspecified atom stereocenters. The molecule has 1 aliphatic heterocycles. The van der Waals surface area contributed by atoms with Crippen LogP contribution in [0.4, 0.5) is 0 Å². The molecule has 1 saturated heterocycles. The summed E-state index contributed by atoms with van der Waals surface area (Å²) in [5.74, 6) is 0.294. The summed E-state index contributed by atoms with van der Waals surface area (Å²) in [4.78, 5) is 17.8. The van der Waals surface area contributed by atoms with Crippen molar-refractivity contribution in [2.75, 3.05) is 19.6 Å². The minimum atomic E-state index is -1.48. The SMILES string of the molecule is CC(O)CNC(=O)c1ccc2nc(C(O)(c3ccccc3)c3ccccc3)n(C3CCNCC3)c2c1. The topological polar surface area (TPSA) is 99.4 Å². The number of aliphatic hydroxyl groups is 2. The van der Waals surface area contributed by atoms with Crippen LogP contribution in [0.3, 0.4) is 0 Å². The Kier molecular flexibility index (Phi) is 6.87. The Morgan fingerprint density at radius 2 is 1.67 bits per heavy atom. The van der Waals surface area contributed by atoms with Gasteiger partial charge in [-0.3, -0.25) is 4.79 Å². The largest absolute Gasteiger partial charge is 0.392 e. The van der Waals surface area contributed by atoms with Crippen LogP contribution in [0, 0.1) is 0 Å². The number of aromatic nitrogens is 2.